The van der Waals surface area contributed by atoms with Gasteiger partial charge in [-0.2, -0.15) is 0 Å². The fraction of sp³-hybridized carbons (Fsp3) is 0.571. The molecule has 0 saturated carbocycles. The van der Waals surface area contributed by atoms with Crippen LogP contribution in [0.2, 0.25) is 0 Å². The molecule has 1 saturated heterocycles. The van der Waals surface area contributed by atoms with Crippen molar-refractivity contribution in [3.8, 4) is 0 Å². The third kappa shape index (κ3) is 3.27. The second-order valence-electron chi connectivity index (χ2n) is 5.21. The Morgan fingerprint density at radius 3 is 2.65 bits per heavy atom. The maximum Gasteiger partial charge on any atom is 0.123 e. The molecule has 0 aliphatic carbocycles. The van der Waals surface area contributed by atoms with E-state index in [0.29, 0.717) is 6.42 Å². The average Bonchev–Trinajstić information content (AvgIpc) is 2.29. The highest BCUT2D eigenvalue weighted by molar-refractivity contribution is 5.18. The molecule has 1 aromatic carbocycles. The van der Waals surface area contributed by atoms with E-state index in [-0.39, 0.29) is 11.5 Å². The number of benzene rings is 1. The van der Waals surface area contributed by atoms with Gasteiger partial charge in [-0.25, -0.2) is 4.39 Å². The minimum Gasteiger partial charge on any atom is -0.313 e. The first kappa shape index (κ1) is 12.5. The van der Waals surface area contributed by atoms with Gasteiger partial charge in [-0.05, 0) is 50.6 Å². The molecule has 1 aliphatic rings. The van der Waals surface area contributed by atoms with Gasteiger partial charge in [-0.1, -0.05) is 18.6 Å². The summed E-state index contributed by atoms with van der Waals surface area (Å²) in [6, 6.07) is 6.74. The third-order valence-electron chi connectivity index (χ3n) is 3.53. The molecule has 0 aromatic heterocycles. The van der Waals surface area contributed by atoms with Crippen molar-refractivity contribution in [1.82, 2.24) is 4.90 Å². The van der Waals surface area contributed by atoms with E-state index in [1.807, 2.05) is 13.0 Å². The molecular weight excluding hydrogens is 215 g/mol. The molecule has 0 bridgehead atoms. The smallest absolute Gasteiger partial charge is 0.123 e. The first-order valence-corrected chi connectivity index (χ1v) is 6.36. The third-order valence-corrected chi connectivity index (χ3v) is 3.53. The molecule has 0 spiro atoms. The number of halogens is 1. The number of likely N-dealkylation sites (tertiary alicyclic amines) is 1. The van der Waals surface area contributed by atoms with Crippen LogP contribution in [-0.4, -0.2) is 23.7 Å². The monoisotopic (exact) mass is 236 g/mol. The van der Waals surface area contributed by atoms with Crippen LogP contribution in [0.4, 0.5) is 4.39 Å². The molecule has 2 N–H and O–H groups in total. The molecule has 0 amide bonds. The maximum atomic E-state index is 13.1. The molecule has 2 rings (SSSR count). The number of hydrogen-bond donors (Lipinski definition) is 1. The van der Waals surface area contributed by atoms with Crippen LogP contribution in [0.15, 0.2) is 24.3 Å². The quantitative estimate of drug-likeness (QED) is 0.874. The minimum absolute atomic E-state index is 0.183. The Labute approximate surface area is 103 Å². The lowest BCUT2D eigenvalue weighted by Gasteiger charge is -2.40. The molecule has 94 valence electrons. The van der Waals surface area contributed by atoms with Gasteiger partial charge in [0, 0.05) is 6.42 Å². The van der Waals surface area contributed by atoms with Gasteiger partial charge in [-0.15, -0.1) is 0 Å². The van der Waals surface area contributed by atoms with Crippen LogP contribution in [0, 0.1) is 5.82 Å². The van der Waals surface area contributed by atoms with Crippen LogP contribution in [-0.2, 0) is 6.42 Å². The van der Waals surface area contributed by atoms with Gasteiger partial charge in [0.05, 0.1) is 5.66 Å². The summed E-state index contributed by atoms with van der Waals surface area (Å²) in [6.07, 6.45) is 4.43. The average molecular weight is 236 g/mol. The molecule has 1 unspecified atom stereocenters. The molecule has 1 aliphatic heterocycles. The van der Waals surface area contributed by atoms with Gasteiger partial charge in [-0.3, -0.25) is 4.90 Å². The van der Waals surface area contributed by atoms with Crippen LogP contribution in [0.5, 0.6) is 0 Å². The zero-order valence-electron chi connectivity index (χ0n) is 10.5. The second-order valence-corrected chi connectivity index (χ2v) is 5.21. The van der Waals surface area contributed by atoms with Gasteiger partial charge in [0.2, 0.25) is 0 Å². The highest BCUT2D eigenvalue weighted by Gasteiger charge is 2.28. The van der Waals surface area contributed by atoms with E-state index >= 15 is 0 Å². The SMILES string of the molecule is CC(N)(Cc1cccc(F)c1)N1CCCCC1. The Morgan fingerprint density at radius 2 is 2.00 bits per heavy atom. The number of nitrogens with two attached hydrogens (primary N) is 1. The summed E-state index contributed by atoms with van der Waals surface area (Å²) in [6.45, 7) is 4.16. The van der Waals surface area contributed by atoms with E-state index in [1.165, 1.54) is 25.3 Å². The van der Waals surface area contributed by atoms with Crippen molar-refractivity contribution in [3.05, 3.63) is 35.6 Å². The largest absolute Gasteiger partial charge is 0.313 e. The van der Waals surface area contributed by atoms with Gasteiger partial charge >= 0.3 is 0 Å². The Hall–Kier alpha value is -0.930. The van der Waals surface area contributed by atoms with Crippen LogP contribution in [0.3, 0.4) is 0 Å². The van der Waals surface area contributed by atoms with Crippen molar-refractivity contribution in [2.75, 3.05) is 13.1 Å². The van der Waals surface area contributed by atoms with E-state index in [0.717, 1.165) is 18.7 Å². The zero-order chi connectivity index (χ0) is 12.3. The lowest BCUT2D eigenvalue weighted by Crippen LogP contribution is -2.56. The molecule has 1 atom stereocenters. The lowest BCUT2D eigenvalue weighted by atomic mass is 9.97. The number of rotatable bonds is 3. The predicted molar refractivity (Wildman–Crippen MR) is 68.1 cm³/mol. The fourth-order valence-electron chi connectivity index (χ4n) is 2.58. The van der Waals surface area contributed by atoms with Crippen LogP contribution in [0.1, 0.15) is 31.7 Å². The predicted octanol–water partition coefficient (Wildman–Crippen LogP) is 2.53. The Balaban J connectivity index is 2.05. The Kier molecular flexibility index (Phi) is 3.79. The Morgan fingerprint density at radius 1 is 1.29 bits per heavy atom. The van der Waals surface area contributed by atoms with E-state index < -0.39 is 0 Å². The summed E-state index contributed by atoms with van der Waals surface area (Å²) in [5.41, 5.74) is 6.98. The number of hydrogen-bond acceptors (Lipinski definition) is 2. The van der Waals surface area contributed by atoms with E-state index in [2.05, 4.69) is 4.90 Å². The zero-order valence-corrected chi connectivity index (χ0v) is 10.5. The first-order valence-electron chi connectivity index (χ1n) is 6.36. The molecule has 1 fully saturated rings. The lowest BCUT2D eigenvalue weighted by molar-refractivity contribution is 0.0855. The van der Waals surface area contributed by atoms with Gasteiger partial charge in [0.15, 0.2) is 0 Å². The Bertz CT molecular complexity index is 370. The summed E-state index contributed by atoms with van der Waals surface area (Å²) < 4.78 is 13.1. The van der Waals surface area contributed by atoms with Gasteiger partial charge in [0.1, 0.15) is 5.82 Å². The van der Waals surface area contributed by atoms with Crippen LogP contribution >= 0.6 is 0 Å². The van der Waals surface area contributed by atoms with Crippen LogP contribution in [0.25, 0.3) is 0 Å². The normalized spacial score (nSPS) is 21.1. The summed E-state index contributed by atoms with van der Waals surface area (Å²) in [4.78, 5) is 2.32. The van der Waals surface area contributed by atoms with Crippen molar-refractivity contribution < 1.29 is 4.39 Å². The summed E-state index contributed by atoms with van der Waals surface area (Å²) in [5, 5.41) is 0. The molecule has 1 heterocycles. The molecule has 1 aromatic rings. The number of piperidine rings is 1. The number of nitrogens with zero attached hydrogens (tertiary/aromatic N) is 1. The van der Waals surface area contributed by atoms with Crippen molar-refractivity contribution in [1.29, 1.82) is 0 Å². The van der Waals surface area contributed by atoms with Crippen LogP contribution < -0.4 is 5.73 Å². The molecule has 0 radical (unpaired) electrons. The van der Waals surface area contributed by atoms with Crippen molar-refractivity contribution in [3.63, 3.8) is 0 Å². The maximum absolute atomic E-state index is 13.1. The van der Waals surface area contributed by atoms with Crippen molar-refractivity contribution in [2.24, 2.45) is 5.73 Å². The molecule has 3 heteroatoms. The van der Waals surface area contributed by atoms with E-state index in [4.69, 9.17) is 5.73 Å². The first-order chi connectivity index (χ1) is 8.08. The highest BCUT2D eigenvalue weighted by atomic mass is 19.1. The summed E-state index contributed by atoms with van der Waals surface area (Å²) in [7, 11) is 0. The molecular formula is C14H21FN2. The molecule has 17 heavy (non-hydrogen) atoms. The second kappa shape index (κ2) is 5.15. The topological polar surface area (TPSA) is 29.3 Å². The van der Waals surface area contributed by atoms with Crippen molar-refractivity contribution >= 4 is 0 Å². The standard InChI is InChI=1S/C14H21FN2/c1-14(16,17-8-3-2-4-9-17)11-12-6-5-7-13(15)10-12/h5-7,10H,2-4,8-9,11,16H2,1H3. The van der Waals surface area contributed by atoms with E-state index in [9.17, 15) is 4.39 Å². The minimum atomic E-state index is -0.367. The van der Waals surface area contributed by atoms with E-state index in [1.54, 1.807) is 12.1 Å². The highest BCUT2D eigenvalue weighted by Crippen LogP contribution is 2.20. The molecule has 2 nitrogen and oxygen atoms in total. The summed E-state index contributed by atoms with van der Waals surface area (Å²) >= 11 is 0. The fourth-order valence-corrected chi connectivity index (χ4v) is 2.58. The summed E-state index contributed by atoms with van der Waals surface area (Å²) in [5.74, 6) is -0.183. The van der Waals surface area contributed by atoms with Crippen molar-refractivity contribution in [2.45, 2.75) is 38.3 Å². The van der Waals surface area contributed by atoms with Gasteiger partial charge < -0.3 is 5.73 Å². The van der Waals surface area contributed by atoms with Gasteiger partial charge in [0.25, 0.3) is 0 Å².